The van der Waals surface area contributed by atoms with Crippen LogP contribution in [0.2, 0.25) is 0 Å². The summed E-state index contributed by atoms with van der Waals surface area (Å²) in [5.41, 5.74) is 7.23. The zero-order valence-electron chi connectivity index (χ0n) is 13.4. The Hall–Kier alpha value is -1.12. The zero-order chi connectivity index (χ0) is 14.9. The quantitative estimate of drug-likeness (QED) is 0.613. The Morgan fingerprint density at radius 1 is 1.40 bits per heavy atom. The lowest BCUT2D eigenvalue weighted by Crippen LogP contribution is -2.27. The predicted octanol–water partition coefficient (Wildman–Crippen LogP) is 3.94. The van der Waals surface area contributed by atoms with Gasteiger partial charge in [0, 0.05) is 5.92 Å². The molecule has 2 unspecified atom stereocenters. The van der Waals surface area contributed by atoms with Crippen LogP contribution in [-0.2, 0) is 0 Å². The Labute approximate surface area is 123 Å². The molecule has 0 radical (unpaired) electrons. The van der Waals surface area contributed by atoms with Crippen molar-refractivity contribution in [2.24, 2.45) is 33.0 Å². The molecule has 20 heavy (non-hydrogen) atoms. The first kappa shape index (κ1) is 15.3. The number of hydrogen-bond acceptors (Lipinski definition) is 2. The molecule has 1 aliphatic heterocycles. The standard InChI is InChI=1S/C17H29N3/c1-6-7-11(2)15(18)20-16-13(17(3,4)5)10-14(19-16)12-8-9-12/h12-14H,2,6-10H2,1,3-5H3,(H2,18,19,20). The SMILES string of the molecule is C=C(CCC)C(N)=NC1=NC(C2CC2)CC1C(C)(C)C. The van der Waals surface area contributed by atoms with Gasteiger partial charge < -0.3 is 5.73 Å². The van der Waals surface area contributed by atoms with Crippen LogP contribution in [0.5, 0.6) is 0 Å². The summed E-state index contributed by atoms with van der Waals surface area (Å²) < 4.78 is 0. The molecule has 0 aromatic carbocycles. The molecule has 0 saturated heterocycles. The first-order chi connectivity index (χ1) is 9.32. The molecule has 2 atom stereocenters. The van der Waals surface area contributed by atoms with Crippen LogP contribution in [0.3, 0.4) is 0 Å². The predicted molar refractivity (Wildman–Crippen MR) is 87.2 cm³/mol. The molecule has 2 aliphatic rings. The number of aliphatic imine (C=N–C) groups is 2. The Bertz CT molecular complexity index is 436. The fraction of sp³-hybridized carbons (Fsp3) is 0.765. The van der Waals surface area contributed by atoms with Crippen LogP contribution in [0.25, 0.3) is 0 Å². The fourth-order valence-electron chi connectivity index (χ4n) is 2.92. The summed E-state index contributed by atoms with van der Waals surface area (Å²) in [6.45, 7) is 13.0. The molecule has 2 rings (SSSR count). The van der Waals surface area contributed by atoms with E-state index < -0.39 is 0 Å². The topological polar surface area (TPSA) is 50.7 Å². The average molecular weight is 275 g/mol. The Morgan fingerprint density at radius 3 is 2.55 bits per heavy atom. The van der Waals surface area contributed by atoms with Gasteiger partial charge in [0.25, 0.3) is 0 Å². The highest BCUT2D eigenvalue weighted by molar-refractivity contribution is 6.05. The number of hydrogen-bond donors (Lipinski definition) is 1. The van der Waals surface area contributed by atoms with Gasteiger partial charge in [-0.25, -0.2) is 4.99 Å². The second-order valence-electron chi connectivity index (χ2n) is 7.40. The van der Waals surface area contributed by atoms with Crippen molar-refractivity contribution in [3.63, 3.8) is 0 Å². The molecule has 1 saturated carbocycles. The molecule has 3 nitrogen and oxygen atoms in total. The minimum Gasteiger partial charge on any atom is -0.383 e. The van der Waals surface area contributed by atoms with Crippen LogP contribution in [0.15, 0.2) is 22.1 Å². The smallest absolute Gasteiger partial charge is 0.129 e. The van der Waals surface area contributed by atoms with E-state index >= 15 is 0 Å². The summed E-state index contributed by atoms with van der Waals surface area (Å²) >= 11 is 0. The summed E-state index contributed by atoms with van der Waals surface area (Å²) in [4.78, 5) is 9.54. The second kappa shape index (κ2) is 5.71. The molecule has 3 heteroatoms. The van der Waals surface area contributed by atoms with Gasteiger partial charge in [0.15, 0.2) is 0 Å². The van der Waals surface area contributed by atoms with Crippen LogP contribution >= 0.6 is 0 Å². The molecule has 0 bridgehead atoms. The normalized spacial score (nSPS) is 27.6. The monoisotopic (exact) mass is 275 g/mol. The van der Waals surface area contributed by atoms with Crippen molar-refractivity contribution in [2.75, 3.05) is 0 Å². The summed E-state index contributed by atoms with van der Waals surface area (Å²) in [6.07, 6.45) is 5.77. The van der Waals surface area contributed by atoms with Gasteiger partial charge >= 0.3 is 0 Å². The van der Waals surface area contributed by atoms with Gasteiger partial charge in [0.05, 0.1) is 6.04 Å². The van der Waals surface area contributed by atoms with Crippen LogP contribution in [0.1, 0.15) is 59.8 Å². The molecule has 1 fully saturated rings. The Morgan fingerprint density at radius 2 is 2.05 bits per heavy atom. The maximum atomic E-state index is 6.10. The minimum absolute atomic E-state index is 0.193. The van der Waals surface area contributed by atoms with Gasteiger partial charge in [-0.15, -0.1) is 0 Å². The highest BCUT2D eigenvalue weighted by atomic mass is 15.0. The van der Waals surface area contributed by atoms with Gasteiger partial charge in [0.2, 0.25) is 0 Å². The van der Waals surface area contributed by atoms with Crippen molar-refractivity contribution in [3.8, 4) is 0 Å². The first-order valence-electron chi connectivity index (χ1n) is 7.93. The van der Waals surface area contributed by atoms with Crippen molar-refractivity contribution in [1.82, 2.24) is 0 Å². The maximum absolute atomic E-state index is 6.10. The summed E-state index contributed by atoms with van der Waals surface area (Å²) in [5, 5.41) is 0. The van der Waals surface area contributed by atoms with Crippen LogP contribution in [0.4, 0.5) is 0 Å². The van der Waals surface area contributed by atoms with E-state index in [-0.39, 0.29) is 5.41 Å². The second-order valence-corrected chi connectivity index (χ2v) is 7.40. The summed E-state index contributed by atoms with van der Waals surface area (Å²) in [6, 6.07) is 0.477. The molecule has 2 N–H and O–H groups in total. The lowest BCUT2D eigenvalue weighted by molar-refractivity contribution is 0.293. The number of rotatable bonds is 4. The maximum Gasteiger partial charge on any atom is 0.129 e. The van der Waals surface area contributed by atoms with Crippen LogP contribution < -0.4 is 5.73 Å². The van der Waals surface area contributed by atoms with Crippen molar-refractivity contribution in [1.29, 1.82) is 0 Å². The van der Waals surface area contributed by atoms with Gasteiger partial charge in [0.1, 0.15) is 11.7 Å². The highest BCUT2D eigenvalue weighted by Gasteiger charge is 2.42. The number of nitrogens with two attached hydrogens (primary N) is 1. The van der Waals surface area contributed by atoms with Gasteiger partial charge in [-0.1, -0.05) is 40.7 Å². The fourth-order valence-corrected chi connectivity index (χ4v) is 2.92. The van der Waals surface area contributed by atoms with E-state index in [1.165, 1.54) is 12.8 Å². The van der Waals surface area contributed by atoms with Crippen molar-refractivity contribution >= 4 is 11.7 Å². The Kier molecular flexibility index (Phi) is 4.36. The van der Waals surface area contributed by atoms with Gasteiger partial charge in [-0.3, -0.25) is 4.99 Å². The summed E-state index contributed by atoms with van der Waals surface area (Å²) in [5.74, 6) is 2.76. The van der Waals surface area contributed by atoms with E-state index in [0.717, 1.165) is 36.6 Å². The van der Waals surface area contributed by atoms with E-state index in [9.17, 15) is 0 Å². The van der Waals surface area contributed by atoms with Crippen LogP contribution in [-0.4, -0.2) is 17.7 Å². The lowest BCUT2D eigenvalue weighted by atomic mass is 9.77. The molecule has 0 spiro atoms. The third-order valence-corrected chi connectivity index (χ3v) is 4.45. The molecule has 112 valence electrons. The average Bonchev–Trinajstić information content (AvgIpc) is 3.10. The Balaban J connectivity index is 2.18. The molecular weight excluding hydrogens is 246 g/mol. The third-order valence-electron chi connectivity index (χ3n) is 4.45. The van der Waals surface area contributed by atoms with Gasteiger partial charge in [-0.2, -0.15) is 0 Å². The number of amidine groups is 2. The van der Waals surface area contributed by atoms with Crippen molar-refractivity contribution < 1.29 is 0 Å². The zero-order valence-corrected chi connectivity index (χ0v) is 13.4. The highest BCUT2D eigenvalue weighted by Crippen LogP contribution is 2.44. The molecule has 1 aliphatic carbocycles. The lowest BCUT2D eigenvalue weighted by Gasteiger charge is -2.27. The van der Waals surface area contributed by atoms with E-state index in [0.29, 0.717) is 17.8 Å². The van der Waals surface area contributed by atoms with E-state index in [1.54, 1.807) is 0 Å². The molecule has 0 aromatic rings. The summed E-state index contributed by atoms with van der Waals surface area (Å²) in [7, 11) is 0. The van der Waals surface area contributed by atoms with E-state index in [2.05, 4.69) is 39.3 Å². The molecular formula is C17H29N3. The van der Waals surface area contributed by atoms with Crippen molar-refractivity contribution in [2.45, 2.75) is 65.8 Å². The molecule has 0 aromatic heterocycles. The third kappa shape index (κ3) is 3.50. The first-order valence-corrected chi connectivity index (χ1v) is 7.93. The molecule has 0 amide bonds. The number of nitrogens with zero attached hydrogens (tertiary/aromatic N) is 2. The van der Waals surface area contributed by atoms with Crippen LogP contribution in [0, 0.1) is 17.3 Å². The van der Waals surface area contributed by atoms with Crippen molar-refractivity contribution in [3.05, 3.63) is 12.2 Å². The van der Waals surface area contributed by atoms with Gasteiger partial charge in [-0.05, 0) is 42.6 Å². The van der Waals surface area contributed by atoms with E-state index in [1.807, 2.05) is 0 Å². The largest absolute Gasteiger partial charge is 0.383 e. The minimum atomic E-state index is 0.193. The van der Waals surface area contributed by atoms with E-state index in [4.69, 9.17) is 10.7 Å². The molecule has 1 heterocycles.